The van der Waals surface area contributed by atoms with E-state index in [9.17, 15) is 32.7 Å². The molecule has 5 rings (SSSR count). The van der Waals surface area contributed by atoms with Crippen molar-refractivity contribution in [2.75, 3.05) is 65.4 Å². The molecule has 0 bridgehead atoms. The number of carboxylic acids is 1. The predicted octanol–water partition coefficient (Wildman–Crippen LogP) is 5.30. The number of amides is 2. The van der Waals surface area contributed by atoms with Crippen LogP contribution in [0.3, 0.4) is 0 Å². The fourth-order valence-corrected chi connectivity index (χ4v) is 7.73. The number of alkyl halides is 3. The van der Waals surface area contributed by atoms with Gasteiger partial charge in [-0.25, -0.2) is 0 Å². The van der Waals surface area contributed by atoms with Crippen LogP contribution in [0.5, 0.6) is 5.75 Å². The van der Waals surface area contributed by atoms with Gasteiger partial charge < -0.3 is 24.5 Å². The third-order valence-electron chi connectivity index (χ3n) is 10.7. The van der Waals surface area contributed by atoms with Crippen LogP contribution >= 0.6 is 0 Å². The third-order valence-corrected chi connectivity index (χ3v) is 10.7. The predicted molar refractivity (Wildman–Crippen MR) is 176 cm³/mol. The second-order valence-electron chi connectivity index (χ2n) is 14.1. The minimum Gasteiger partial charge on any atom is -0.497 e. The van der Waals surface area contributed by atoms with Crippen LogP contribution in [0.15, 0.2) is 42.5 Å². The van der Waals surface area contributed by atoms with E-state index in [0.717, 1.165) is 22.9 Å². The van der Waals surface area contributed by atoms with Crippen molar-refractivity contribution in [3.8, 4) is 5.75 Å². The van der Waals surface area contributed by atoms with Crippen LogP contribution in [-0.4, -0.2) is 104 Å². The molecule has 3 heterocycles. The summed E-state index contributed by atoms with van der Waals surface area (Å²) in [5.41, 5.74) is 0.794. The van der Waals surface area contributed by atoms with Crippen LogP contribution in [0.25, 0.3) is 0 Å². The fourth-order valence-electron chi connectivity index (χ4n) is 7.73. The lowest BCUT2D eigenvalue weighted by Crippen LogP contribution is -2.54. The van der Waals surface area contributed by atoms with Gasteiger partial charge in [0.05, 0.1) is 30.0 Å². The summed E-state index contributed by atoms with van der Waals surface area (Å²) in [6.45, 7) is 6.44. The number of hydrogen-bond donors (Lipinski definition) is 1. The van der Waals surface area contributed by atoms with Crippen molar-refractivity contribution in [3.05, 3.63) is 59.2 Å². The Morgan fingerprint density at radius 1 is 0.896 bits per heavy atom. The molecule has 48 heavy (non-hydrogen) atoms. The third kappa shape index (κ3) is 7.28. The number of likely N-dealkylation sites (N-methyl/N-ethyl adjacent to an activating group) is 1. The lowest BCUT2D eigenvalue weighted by molar-refractivity contribution is -0.142. The zero-order chi connectivity index (χ0) is 35.0. The Hall–Kier alpha value is -3.80. The number of nitrogens with zero attached hydrogens (tertiary/aromatic N) is 4. The molecule has 0 aliphatic carbocycles. The zero-order valence-corrected chi connectivity index (χ0v) is 28.4. The molecule has 9 nitrogen and oxygen atoms in total. The SMILES string of the molecule is COc1ccc([C@@H]2CN(C(C)(C)C(=O)N(C)C)CC2C(=O)N2CCC(c3ccc(C(F)(F)F)cc3N3CCC(C(=O)O)CC3)CC2)cc1. The topological polar surface area (TPSA) is 93.6 Å². The molecule has 0 spiro atoms. The van der Waals surface area contributed by atoms with Crippen molar-refractivity contribution in [1.82, 2.24) is 14.7 Å². The normalized spacial score (nSPS) is 21.8. The van der Waals surface area contributed by atoms with E-state index in [1.165, 1.54) is 6.07 Å². The average Bonchev–Trinajstić information content (AvgIpc) is 3.53. The number of aliphatic carboxylic acids is 1. The number of piperidine rings is 2. The Bertz CT molecular complexity index is 1480. The van der Waals surface area contributed by atoms with Gasteiger partial charge in [-0.15, -0.1) is 0 Å². The number of carbonyl (C=O) groups is 3. The highest BCUT2D eigenvalue weighted by Crippen LogP contribution is 2.42. The maximum atomic E-state index is 14.3. The number of rotatable bonds is 8. The van der Waals surface area contributed by atoms with E-state index in [-0.39, 0.29) is 29.6 Å². The van der Waals surface area contributed by atoms with Crippen LogP contribution < -0.4 is 9.64 Å². The fraction of sp³-hybridized carbons (Fsp3) is 0.583. The molecule has 0 saturated carbocycles. The van der Waals surface area contributed by atoms with E-state index in [1.807, 2.05) is 47.9 Å². The highest BCUT2D eigenvalue weighted by molar-refractivity contribution is 5.86. The van der Waals surface area contributed by atoms with Crippen LogP contribution in [0.2, 0.25) is 0 Å². The Labute approximate surface area is 280 Å². The van der Waals surface area contributed by atoms with Crippen LogP contribution in [0.4, 0.5) is 18.9 Å². The van der Waals surface area contributed by atoms with Gasteiger partial charge in [0.25, 0.3) is 0 Å². The average molecular weight is 673 g/mol. The standard InChI is InChI=1S/C36H47F3N4O5/c1-35(2,34(47)40(3)4)43-21-29(23-6-9-27(48-5)10-7-23)30(22-43)32(44)42-18-12-24(13-19-42)28-11-8-26(36(37,38)39)20-31(28)41-16-14-25(15-17-41)33(45)46/h6-11,20,24-25,29-30H,12-19,21-22H2,1-5H3,(H,45,46)/t29-,30?/m0/s1. The molecule has 1 unspecified atom stereocenters. The summed E-state index contributed by atoms with van der Waals surface area (Å²) in [6, 6.07) is 11.6. The lowest BCUT2D eigenvalue weighted by atomic mass is 9.84. The zero-order valence-electron chi connectivity index (χ0n) is 28.4. The molecular formula is C36H47F3N4O5. The van der Waals surface area contributed by atoms with Crippen molar-refractivity contribution in [2.45, 2.75) is 63.1 Å². The first-order valence-electron chi connectivity index (χ1n) is 16.7. The van der Waals surface area contributed by atoms with Crippen LogP contribution in [-0.2, 0) is 20.6 Å². The number of ether oxygens (including phenoxy) is 1. The van der Waals surface area contributed by atoms with Gasteiger partial charge in [-0.1, -0.05) is 18.2 Å². The minimum absolute atomic E-state index is 0.0215. The Balaban J connectivity index is 1.35. The number of carboxylic acid groups (broad SMARTS) is 1. The van der Waals surface area contributed by atoms with E-state index >= 15 is 0 Å². The first-order chi connectivity index (χ1) is 22.6. The van der Waals surface area contributed by atoms with Gasteiger partial charge in [0.1, 0.15) is 5.75 Å². The molecule has 1 N–H and O–H groups in total. The van der Waals surface area contributed by atoms with Crippen LogP contribution in [0.1, 0.15) is 68.1 Å². The van der Waals surface area contributed by atoms with Crippen molar-refractivity contribution in [3.63, 3.8) is 0 Å². The molecule has 2 aromatic rings. The lowest BCUT2D eigenvalue weighted by Gasteiger charge is -2.38. The number of benzene rings is 2. The molecule has 2 atom stereocenters. The van der Waals surface area contributed by atoms with E-state index in [2.05, 4.69) is 4.90 Å². The van der Waals surface area contributed by atoms with E-state index in [1.54, 1.807) is 32.2 Å². The second kappa shape index (κ2) is 14.0. The summed E-state index contributed by atoms with van der Waals surface area (Å²) >= 11 is 0. The first kappa shape index (κ1) is 35.5. The Morgan fingerprint density at radius 2 is 1.52 bits per heavy atom. The Morgan fingerprint density at radius 3 is 2.06 bits per heavy atom. The maximum Gasteiger partial charge on any atom is 0.416 e. The van der Waals surface area contributed by atoms with Crippen molar-refractivity contribution in [1.29, 1.82) is 0 Å². The number of hydrogen-bond acceptors (Lipinski definition) is 6. The smallest absolute Gasteiger partial charge is 0.416 e. The molecule has 3 aliphatic rings. The summed E-state index contributed by atoms with van der Waals surface area (Å²) < 4.78 is 46.7. The minimum atomic E-state index is -4.50. The summed E-state index contributed by atoms with van der Waals surface area (Å²) in [5, 5.41) is 9.43. The second-order valence-corrected chi connectivity index (χ2v) is 14.1. The molecule has 12 heteroatoms. The van der Waals surface area contributed by atoms with E-state index in [0.29, 0.717) is 70.6 Å². The van der Waals surface area contributed by atoms with Gasteiger partial charge in [0, 0.05) is 65.0 Å². The number of carbonyl (C=O) groups excluding carboxylic acids is 2. The number of halogens is 3. The number of anilines is 1. The molecule has 262 valence electrons. The molecular weight excluding hydrogens is 625 g/mol. The molecule has 2 aromatic carbocycles. The van der Waals surface area contributed by atoms with Gasteiger partial charge >= 0.3 is 12.1 Å². The van der Waals surface area contributed by atoms with Gasteiger partial charge in [-0.05, 0) is 80.8 Å². The summed E-state index contributed by atoms with van der Waals surface area (Å²) in [5.74, 6) is -1.22. The summed E-state index contributed by atoms with van der Waals surface area (Å²) in [7, 11) is 5.06. The molecule has 2 amide bonds. The van der Waals surface area contributed by atoms with Crippen molar-refractivity contribution < 1.29 is 37.4 Å². The summed E-state index contributed by atoms with van der Waals surface area (Å²) in [4.78, 5) is 46.4. The van der Waals surface area contributed by atoms with Crippen molar-refractivity contribution in [2.24, 2.45) is 11.8 Å². The van der Waals surface area contributed by atoms with Gasteiger partial charge in [-0.3, -0.25) is 19.3 Å². The highest BCUT2D eigenvalue weighted by Gasteiger charge is 2.48. The van der Waals surface area contributed by atoms with E-state index in [4.69, 9.17) is 4.74 Å². The van der Waals surface area contributed by atoms with E-state index < -0.39 is 29.2 Å². The maximum absolute atomic E-state index is 14.3. The molecule has 3 saturated heterocycles. The summed E-state index contributed by atoms with van der Waals surface area (Å²) in [6.07, 6.45) is -2.54. The van der Waals surface area contributed by atoms with Gasteiger partial charge in [-0.2, -0.15) is 13.2 Å². The Kier molecular flexibility index (Phi) is 10.3. The quantitative estimate of drug-likeness (QED) is 0.407. The van der Waals surface area contributed by atoms with Crippen molar-refractivity contribution >= 4 is 23.5 Å². The first-order valence-corrected chi connectivity index (χ1v) is 16.7. The van der Waals surface area contributed by atoms with Gasteiger partial charge in [0.2, 0.25) is 11.8 Å². The largest absolute Gasteiger partial charge is 0.497 e. The van der Waals surface area contributed by atoms with Gasteiger partial charge in [0.15, 0.2) is 0 Å². The molecule has 0 aromatic heterocycles. The number of methoxy groups -OCH3 is 1. The monoisotopic (exact) mass is 672 g/mol. The van der Waals surface area contributed by atoms with Crippen LogP contribution in [0, 0.1) is 11.8 Å². The molecule has 3 aliphatic heterocycles. The molecule has 3 fully saturated rings. The highest BCUT2D eigenvalue weighted by atomic mass is 19.4. The number of likely N-dealkylation sites (tertiary alicyclic amines) is 2. The molecule has 0 radical (unpaired) electrons.